The van der Waals surface area contributed by atoms with E-state index in [-0.39, 0.29) is 33.4 Å². The molecule has 0 aliphatic carbocycles. The second kappa shape index (κ2) is 10.4. The van der Waals surface area contributed by atoms with E-state index in [0.29, 0.717) is 11.3 Å². The first-order valence-corrected chi connectivity index (χ1v) is 12.7. The molecule has 0 N–H and O–H groups in total. The quantitative estimate of drug-likeness (QED) is 0.302. The van der Waals surface area contributed by atoms with Crippen LogP contribution in [0.4, 0.5) is 9.18 Å². The van der Waals surface area contributed by atoms with Crippen molar-refractivity contribution in [2.45, 2.75) is 11.4 Å². The maximum absolute atomic E-state index is 14.0. The molecule has 1 heterocycles. The van der Waals surface area contributed by atoms with Gasteiger partial charge < -0.3 is 13.7 Å². The highest BCUT2D eigenvalue weighted by atomic mass is 32.2. The van der Waals surface area contributed by atoms with Gasteiger partial charge in [0.25, 0.3) is 11.1 Å². The minimum atomic E-state index is -4.15. The van der Waals surface area contributed by atoms with Crippen molar-refractivity contribution in [1.29, 1.82) is 0 Å². The zero-order valence-corrected chi connectivity index (χ0v) is 20.8. The minimum Gasteiger partial charge on any atom is -0.497 e. The number of hydrogen-bond acceptors (Lipinski definition) is 8. The molecule has 3 aromatic rings. The molecule has 0 unspecified atom stereocenters. The topological polar surface area (TPSA) is 99.2 Å². The van der Waals surface area contributed by atoms with E-state index in [1.54, 1.807) is 6.07 Å². The van der Waals surface area contributed by atoms with Gasteiger partial charge in [-0.15, -0.1) is 0 Å². The fourth-order valence-electron chi connectivity index (χ4n) is 3.34. The number of rotatable bonds is 8. The zero-order valence-electron chi connectivity index (χ0n) is 19.1. The van der Waals surface area contributed by atoms with Gasteiger partial charge in [-0.25, -0.2) is 4.39 Å². The predicted octanol–water partition coefficient (Wildman–Crippen LogP) is 4.85. The Labute approximate surface area is 211 Å². The summed E-state index contributed by atoms with van der Waals surface area (Å²) in [6.07, 6.45) is 1.47. The summed E-state index contributed by atoms with van der Waals surface area (Å²) >= 11 is 0.728. The van der Waals surface area contributed by atoms with E-state index in [2.05, 4.69) is 0 Å². The average Bonchev–Trinajstić information content (AvgIpc) is 3.13. The van der Waals surface area contributed by atoms with E-state index in [1.807, 2.05) is 0 Å². The fourth-order valence-corrected chi connectivity index (χ4v) is 5.11. The molecule has 0 spiro atoms. The number of benzene rings is 3. The standard InChI is InChI=1S/C25H20FNO7S2/c1-32-18-8-10-19(11-9-18)36(30,31)34-21-12-7-16(13-22(21)33-2)14-23-24(28)27(25(29)35-23)15-17-5-3-4-6-20(17)26/h3-14H,15H2,1-2H3/b23-14-. The monoisotopic (exact) mass is 529 g/mol. The van der Waals surface area contributed by atoms with Crippen LogP contribution in [0.1, 0.15) is 11.1 Å². The Morgan fingerprint density at radius 3 is 2.33 bits per heavy atom. The molecule has 0 bridgehead atoms. The van der Waals surface area contributed by atoms with Gasteiger partial charge in [0.05, 0.1) is 25.7 Å². The molecule has 0 atom stereocenters. The van der Waals surface area contributed by atoms with Crippen LogP contribution in [0.5, 0.6) is 17.2 Å². The number of imide groups is 1. The molecule has 8 nitrogen and oxygen atoms in total. The molecule has 1 aliphatic heterocycles. The summed E-state index contributed by atoms with van der Waals surface area (Å²) < 4.78 is 54.9. The number of carbonyl (C=O) groups excluding carboxylic acids is 2. The van der Waals surface area contributed by atoms with Crippen molar-refractivity contribution in [2.24, 2.45) is 0 Å². The summed E-state index contributed by atoms with van der Waals surface area (Å²) in [4.78, 5) is 26.2. The van der Waals surface area contributed by atoms with Crippen molar-refractivity contribution in [3.63, 3.8) is 0 Å². The maximum Gasteiger partial charge on any atom is 0.339 e. The second-order valence-corrected chi connectivity index (χ2v) is 10.0. The smallest absolute Gasteiger partial charge is 0.339 e. The first-order chi connectivity index (χ1) is 17.2. The molecule has 0 radical (unpaired) electrons. The van der Waals surface area contributed by atoms with Crippen molar-refractivity contribution >= 4 is 39.1 Å². The number of carbonyl (C=O) groups is 2. The number of halogens is 1. The molecule has 1 fully saturated rings. The third-order valence-corrected chi connectivity index (χ3v) is 7.35. The number of nitrogens with zero attached hydrogens (tertiary/aromatic N) is 1. The summed E-state index contributed by atoms with van der Waals surface area (Å²) in [5, 5.41) is -0.521. The molecule has 0 aromatic heterocycles. The summed E-state index contributed by atoms with van der Waals surface area (Å²) in [6, 6.07) is 16.0. The van der Waals surface area contributed by atoms with Crippen molar-refractivity contribution in [3.05, 3.63) is 88.6 Å². The van der Waals surface area contributed by atoms with Crippen molar-refractivity contribution < 1.29 is 36.1 Å². The summed E-state index contributed by atoms with van der Waals surface area (Å²) in [6.45, 7) is -0.187. The Balaban J connectivity index is 1.54. The number of ether oxygens (including phenoxy) is 2. The summed E-state index contributed by atoms with van der Waals surface area (Å²) in [5.41, 5.74) is 0.694. The third-order valence-electron chi connectivity index (χ3n) is 5.19. The van der Waals surface area contributed by atoms with Crippen LogP contribution >= 0.6 is 11.8 Å². The van der Waals surface area contributed by atoms with Gasteiger partial charge in [-0.3, -0.25) is 14.5 Å². The van der Waals surface area contributed by atoms with E-state index in [4.69, 9.17) is 13.7 Å². The lowest BCUT2D eigenvalue weighted by molar-refractivity contribution is -0.123. The van der Waals surface area contributed by atoms with Gasteiger partial charge >= 0.3 is 10.1 Å². The first-order valence-electron chi connectivity index (χ1n) is 10.5. The van der Waals surface area contributed by atoms with Gasteiger partial charge in [-0.1, -0.05) is 24.3 Å². The predicted molar refractivity (Wildman–Crippen MR) is 132 cm³/mol. The van der Waals surface area contributed by atoms with Gasteiger partial charge in [0.2, 0.25) is 0 Å². The van der Waals surface area contributed by atoms with Crippen molar-refractivity contribution in [1.82, 2.24) is 4.90 Å². The number of methoxy groups -OCH3 is 2. The zero-order chi connectivity index (χ0) is 25.9. The van der Waals surface area contributed by atoms with Crippen LogP contribution in [-0.2, 0) is 21.5 Å². The van der Waals surface area contributed by atoms with E-state index in [0.717, 1.165) is 16.7 Å². The van der Waals surface area contributed by atoms with E-state index < -0.39 is 27.1 Å². The molecular formula is C25H20FNO7S2. The van der Waals surface area contributed by atoms with Crippen molar-refractivity contribution in [3.8, 4) is 17.2 Å². The normalized spacial score (nSPS) is 14.9. The van der Waals surface area contributed by atoms with Gasteiger partial charge in [0.1, 0.15) is 16.5 Å². The van der Waals surface area contributed by atoms with Crippen LogP contribution in [0.3, 0.4) is 0 Å². The number of amides is 2. The highest BCUT2D eigenvalue weighted by Crippen LogP contribution is 2.36. The summed E-state index contributed by atoms with van der Waals surface area (Å²) in [5.74, 6) is -0.529. The van der Waals surface area contributed by atoms with Crippen LogP contribution in [0.25, 0.3) is 6.08 Å². The van der Waals surface area contributed by atoms with Gasteiger partial charge in [-0.2, -0.15) is 8.42 Å². The SMILES string of the molecule is COc1ccc(S(=O)(=O)Oc2ccc(/C=C3\SC(=O)N(Cc4ccccc4F)C3=O)cc2OC)cc1. The third kappa shape index (κ3) is 5.37. The molecule has 3 aromatic carbocycles. The van der Waals surface area contributed by atoms with Gasteiger partial charge in [0.15, 0.2) is 11.5 Å². The van der Waals surface area contributed by atoms with Crippen LogP contribution < -0.4 is 13.7 Å². The maximum atomic E-state index is 14.0. The lowest BCUT2D eigenvalue weighted by Crippen LogP contribution is -2.27. The largest absolute Gasteiger partial charge is 0.497 e. The van der Waals surface area contributed by atoms with E-state index in [1.165, 1.54) is 81.0 Å². The second-order valence-electron chi connectivity index (χ2n) is 7.48. The lowest BCUT2D eigenvalue weighted by atomic mass is 10.1. The Kier molecular flexibility index (Phi) is 7.32. The Hall–Kier alpha value is -3.83. The molecule has 2 amide bonds. The van der Waals surface area contributed by atoms with E-state index >= 15 is 0 Å². The van der Waals surface area contributed by atoms with Crippen LogP contribution in [0.2, 0.25) is 0 Å². The fraction of sp³-hybridized carbons (Fsp3) is 0.120. The first kappa shape index (κ1) is 25.3. The molecule has 0 saturated carbocycles. The molecule has 186 valence electrons. The van der Waals surface area contributed by atoms with Crippen LogP contribution in [-0.4, -0.2) is 38.7 Å². The molecule has 1 aliphatic rings. The lowest BCUT2D eigenvalue weighted by Gasteiger charge is -2.13. The number of thioether (sulfide) groups is 1. The van der Waals surface area contributed by atoms with E-state index in [9.17, 15) is 22.4 Å². The molecule has 1 saturated heterocycles. The van der Waals surface area contributed by atoms with Crippen molar-refractivity contribution in [2.75, 3.05) is 14.2 Å². The van der Waals surface area contributed by atoms with Gasteiger partial charge in [-0.05, 0) is 65.9 Å². The van der Waals surface area contributed by atoms with Gasteiger partial charge in [0, 0.05) is 5.56 Å². The highest BCUT2D eigenvalue weighted by Gasteiger charge is 2.35. The number of hydrogen-bond donors (Lipinski definition) is 0. The molecular weight excluding hydrogens is 509 g/mol. The van der Waals surface area contributed by atoms with Crippen LogP contribution in [0.15, 0.2) is 76.5 Å². The minimum absolute atomic E-state index is 0.0573. The summed E-state index contributed by atoms with van der Waals surface area (Å²) in [7, 11) is -1.34. The Bertz CT molecular complexity index is 1450. The molecule has 36 heavy (non-hydrogen) atoms. The highest BCUT2D eigenvalue weighted by molar-refractivity contribution is 8.18. The Morgan fingerprint density at radius 2 is 1.67 bits per heavy atom. The average molecular weight is 530 g/mol. The molecule has 4 rings (SSSR count). The Morgan fingerprint density at radius 1 is 0.944 bits per heavy atom. The van der Waals surface area contributed by atoms with Crippen LogP contribution in [0, 0.1) is 5.82 Å². The molecule has 11 heteroatoms.